The Morgan fingerprint density at radius 3 is 2.38 bits per heavy atom. The Kier molecular flexibility index (Phi) is 6.02. The summed E-state index contributed by atoms with van der Waals surface area (Å²) in [5.74, 6) is -0.565. The molecular weight excluding hydrogens is 328 g/mol. The number of hydrogen-bond acceptors (Lipinski definition) is 3. The Labute approximate surface area is 153 Å². The second-order valence-corrected chi connectivity index (χ2v) is 6.74. The van der Waals surface area contributed by atoms with Crippen molar-refractivity contribution in [2.45, 2.75) is 25.9 Å². The summed E-state index contributed by atoms with van der Waals surface area (Å²) in [4.78, 5) is 26.2. The number of nitrogens with zero attached hydrogens (tertiary/aromatic N) is 1. The number of carbonyl (C=O) groups excluding carboxylic acids is 2. The van der Waals surface area contributed by atoms with Gasteiger partial charge in [-0.05, 0) is 48.4 Å². The zero-order valence-corrected chi connectivity index (χ0v) is 14.7. The number of aliphatic hydroxyl groups excluding tert-OH is 1. The van der Waals surface area contributed by atoms with Crippen molar-refractivity contribution in [3.8, 4) is 0 Å². The Morgan fingerprint density at radius 2 is 1.69 bits per heavy atom. The molecule has 0 atom stereocenters. The van der Waals surface area contributed by atoms with Gasteiger partial charge in [0.05, 0.1) is 6.61 Å². The van der Waals surface area contributed by atoms with Gasteiger partial charge in [0.1, 0.15) is 0 Å². The Balaban J connectivity index is 1.50. The highest BCUT2D eigenvalue weighted by atomic mass is 16.3. The number of nitrogens with one attached hydrogen (secondary N) is 1. The fourth-order valence-corrected chi connectivity index (χ4v) is 3.36. The first-order chi connectivity index (χ1) is 12.7. The van der Waals surface area contributed by atoms with Crippen LogP contribution in [0.5, 0.6) is 0 Å². The van der Waals surface area contributed by atoms with Gasteiger partial charge < -0.3 is 15.3 Å². The molecule has 2 amide bonds. The smallest absolute Gasteiger partial charge is 0.313 e. The lowest BCUT2D eigenvalue weighted by molar-refractivity contribution is -0.144. The van der Waals surface area contributed by atoms with E-state index in [9.17, 15) is 9.59 Å². The van der Waals surface area contributed by atoms with Crippen molar-refractivity contribution in [1.82, 2.24) is 4.90 Å². The second-order valence-electron chi connectivity index (χ2n) is 6.74. The predicted molar refractivity (Wildman–Crippen MR) is 100 cm³/mol. The fraction of sp³-hybridized carbons (Fsp3) is 0.333. The summed E-state index contributed by atoms with van der Waals surface area (Å²) in [6.07, 6.45) is 2.84. The maximum atomic E-state index is 12.4. The lowest BCUT2D eigenvalue weighted by Crippen LogP contribution is -2.44. The molecule has 3 rings (SSSR count). The van der Waals surface area contributed by atoms with Crippen LogP contribution in [0.1, 0.15) is 24.0 Å². The maximum absolute atomic E-state index is 12.4. The molecule has 1 aliphatic heterocycles. The highest BCUT2D eigenvalue weighted by molar-refractivity contribution is 6.39. The van der Waals surface area contributed by atoms with Crippen LogP contribution in [0.3, 0.4) is 0 Å². The molecular formula is C21H24N2O3. The Hall–Kier alpha value is -2.66. The Bertz CT molecular complexity index is 753. The number of rotatable bonds is 4. The van der Waals surface area contributed by atoms with E-state index >= 15 is 0 Å². The molecule has 2 aromatic carbocycles. The van der Waals surface area contributed by atoms with Gasteiger partial charge in [-0.25, -0.2) is 0 Å². The van der Waals surface area contributed by atoms with Crippen LogP contribution in [0.2, 0.25) is 0 Å². The van der Waals surface area contributed by atoms with Crippen molar-refractivity contribution in [3.63, 3.8) is 0 Å². The molecule has 1 fully saturated rings. The van der Waals surface area contributed by atoms with Gasteiger partial charge in [-0.3, -0.25) is 9.59 Å². The Morgan fingerprint density at radius 1 is 1.00 bits per heavy atom. The third kappa shape index (κ3) is 4.70. The van der Waals surface area contributed by atoms with Gasteiger partial charge in [-0.1, -0.05) is 42.5 Å². The lowest BCUT2D eigenvalue weighted by Gasteiger charge is -2.31. The summed E-state index contributed by atoms with van der Waals surface area (Å²) in [5, 5.41) is 11.8. The van der Waals surface area contributed by atoms with E-state index in [4.69, 9.17) is 5.11 Å². The van der Waals surface area contributed by atoms with Gasteiger partial charge in [0.15, 0.2) is 0 Å². The summed E-state index contributed by atoms with van der Waals surface area (Å²) in [5.41, 5.74) is 2.53. The molecule has 0 radical (unpaired) electrons. The van der Waals surface area contributed by atoms with Crippen LogP contribution in [-0.4, -0.2) is 34.9 Å². The first-order valence-electron chi connectivity index (χ1n) is 8.99. The fourth-order valence-electron chi connectivity index (χ4n) is 3.36. The molecule has 0 aromatic heterocycles. The zero-order valence-electron chi connectivity index (χ0n) is 14.7. The van der Waals surface area contributed by atoms with Crippen LogP contribution in [0.25, 0.3) is 0 Å². The standard InChI is InChI=1S/C21H24N2O3/c24-15-18-7-4-8-19(14-18)22-20(25)21(26)23-11-9-17(10-12-23)13-16-5-2-1-3-6-16/h1-8,14,17,24H,9-13,15H2,(H,22,25). The zero-order chi connectivity index (χ0) is 18.4. The van der Waals surface area contributed by atoms with Gasteiger partial charge >= 0.3 is 11.8 Å². The molecule has 2 N–H and O–H groups in total. The highest BCUT2D eigenvalue weighted by Crippen LogP contribution is 2.22. The van der Waals surface area contributed by atoms with E-state index in [2.05, 4.69) is 17.4 Å². The summed E-state index contributed by atoms with van der Waals surface area (Å²) in [6, 6.07) is 17.2. The van der Waals surface area contributed by atoms with E-state index in [1.54, 1.807) is 29.2 Å². The van der Waals surface area contributed by atoms with Crippen LogP contribution in [0.4, 0.5) is 5.69 Å². The molecule has 26 heavy (non-hydrogen) atoms. The van der Waals surface area contributed by atoms with Gasteiger partial charge in [-0.2, -0.15) is 0 Å². The third-order valence-electron chi connectivity index (χ3n) is 4.83. The first-order valence-corrected chi connectivity index (χ1v) is 8.99. The summed E-state index contributed by atoms with van der Waals surface area (Å²) >= 11 is 0. The maximum Gasteiger partial charge on any atom is 0.313 e. The molecule has 0 saturated carbocycles. The molecule has 2 aromatic rings. The second kappa shape index (κ2) is 8.63. The molecule has 1 heterocycles. The largest absolute Gasteiger partial charge is 0.392 e. The van der Waals surface area contributed by atoms with E-state index in [-0.39, 0.29) is 6.61 Å². The average Bonchev–Trinajstić information content (AvgIpc) is 2.69. The molecule has 136 valence electrons. The number of aliphatic hydroxyl groups is 1. The number of likely N-dealkylation sites (tertiary alicyclic amines) is 1. The molecule has 5 heteroatoms. The highest BCUT2D eigenvalue weighted by Gasteiger charge is 2.27. The monoisotopic (exact) mass is 352 g/mol. The minimum absolute atomic E-state index is 0.105. The van der Waals surface area contributed by atoms with Crippen molar-refractivity contribution in [3.05, 3.63) is 65.7 Å². The van der Waals surface area contributed by atoms with Crippen LogP contribution in [0.15, 0.2) is 54.6 Å². The molecule has 0 unspecified atom stereocenters. The van der Waals surface area contributed by atoms with Gasteiger partial charge in [0, 0.05) is 18.8 Å². The minimum atomic E-state index is -0.624. The number of piperidine rings is 1. The predicted octanol–water partition coefficient (Wildman–Crippen LogP) is 2.60. The summed E-state index contributed by atoms with van der Waals surface area (Å²) in [7, 11) is 0. The molecule has 5 nitrogen and oxygen atoms in total. The molecule has 0 spiro atoms. The summed E-state index contributed by atoms with van der Waals surface area (Å²) < 4.78 is 0. The molecule has 1 saturated heterocycles. The van der Waals surface area contributed by atoms with Gasteiger partial charge in [-0.15, -0.1) is 0 Å². The van der Waals surface area contributed by atoms with Gasteiger partial charge in [0.2, 0.25) is 0 Å². The van der Waals surface area contributed by atoms with Crippen LogP contribution in [-0.2, 0) is 22.6 Å². The van der Waals surface area contributed by atoms with E-state index in [1.165, 1.54) is 5.56 Å². The normalized spacial score (nSPS) is 14.9. The van der Waals surface area contributed by atoms with E-state index in [0.717, 1.165) is 19.3 Å². The van der Waals surface area contributed by atoms with Gasteiger partial charge in [0.25, 0.3) is 0 Å². The van der Waals surface area contributed by atoms with E-state index < -0.39 is 11.8 Å². The number of hydrogen-bond donors (Lipinski definition) is 2. The van der Waals surface area contributed by atoms with E-state index in [1.807, 2.05) is 18.2 Å². The van der Waals surface area contributed by atoms with Crippen molar-refractivity contribution in [2.24, 2.45) is 5.92 Å². The minimum Gasteiger partial charge on any atom is -0.392 e. The first kappa shape index (κ1) is 18.1. The SMILES string of the molecule is O=C(Nc1cccc(CO)c1)C(=O)N1CCC(Cc2ccccc2)CC1. The molecule has 1 aliphatic rings. The topological polar surface area (TPSA) is 69.6 Å². The van der Waals surface area contributed by atoms with Crippen LogP contribution in [0, 0.1) is 5.92 Å². The lowest BCUT2D eigenvalue weighted by atomic mass is 9.90. The van der Waals surface area contributed by atoms with Crippen molar-refractivity contribution < 1.29 is 14.7 Å². The van der Waals surface area contributed by atoms with Crippen molar-refractivity contribution >= 4 is 17.5 Å². The average molecular weight is 352 g/mol. The number of benzene rings is 2. The number of amides is 2. The number of anilines is 1. The van der Waals surface area contributed by atoms with Crippen molar-refractivity contribution in [1.29, 1.82) is 0 Å². The van der Waals surface area contributed by atoms with Crippen LogP contribution < -0.4 is 5.32 Å². The molecule has 0 bridgehead atoms. The van der Waals surface area contributed by atoms with E-state index in [0.29, 0.717) is 30.3 Å². The van der Waals surface area contributed by atoms with Crippen LogP contribution >= 0.6 is 0 Å². The third-order valence-corrected chi connectivity index (χ3v) is 4.83. The van der Waals surface area contributed by atoms with Crippen molar-refractivity contribution in [2.75, 3.05) is 18.4 Å². The summed E-state index contributed by atoms with van der Waals surface area (Å²) in [6.45, 7) is 1.12. The number of carbonyl (C=O) groups is 2. The molecule has 0 aliphatic carbocycles. The quantitative estimate of drug-likeness (QED) is 0.831.